The SMILES string of the molecule is O=C(N[C@]1(F)C[C@@H]2C[C@]1(S(=O)(=O)N1CCC1)CC2C1CC1)c1ccccc1O. The van der Waals surface area contributed by atoms with Gasteiger partial charge in [-0.25, -0.2) is 17.1 Å². The van der Waals surface area contributed by atoms with Crippen LogP contribution in [0.2, 0.25) is 0 Å². The van der Waals surface area contributed by atoms with Gasteiger partial charge < -0.3 is 10.4 Å². The Kier molecular flexibility index (Phi) is 3.88. The molecule has 0 aromatic heterocycles. The molecule has 152 valence electrons. The van der Waals surface area contributed by atoms with Crippen LogP contribution in [-0.2, 0) is 10.0 Å². The second-order valence-corrected chi connectivity index (χ2v) is 11.1. The molecular weight excluding hydrogens is 383 g/mol. The van der Waals surface area contributed by atoms with Gasteiger partial charge in [0.05, 0.1) is 5.56 Å². The van der Waals surface area contributed by atoms with Gasteiger partial charge in [-0.05, 0) is 62.0 Å². The van der Waals surface area contributed by atoms with Crippen LogP contribution < -0.4 is 5.32 Å². The van der Waals surface area contributed by atoms with Crippen molar-refractivity contribution >= 4 is 15.9 Å². The second-order valence-electron chi connectivity index (χ2n) is 8.90. The average Bonchev–Trinajstić information content (AvgIpc) is 3.28. The smallest absolute Gasteiger partial charge is 0.257 e. The van der Waals surface area contributed by atoms with Crippen LogP contribution in [0, 0.1) is 17.8 Å². The van der Waals surface area contributed by atoms with E-state index in [1.165, 1.54) is 16.4 Å². The molecule has 2 N–H and O–H groups in total. The number of hydrogen-bond acceptors (Lipinski definition) is 4. The van der Waals surface area contributed by atoms with Crippen molar-refractivity contribution in [2.45, 2.75) is 49.1 Å². The zero-order valence-corrected chi connectivity index (χ0v) is 16.4. The fourth-order valence-corrected chi connectivity index (χ4v) is 8.25. The molecule has 4 atom stereocenters. The number of phenolic OH excluding ortho intramolecular Hbond substituents is 1. The average molecular weight is 408 g/mol. The van der Waals surface area contributed by atoms with Gasteiger partial charge in [-0.3, -0.25) is 4.79 Å². The van der Waals surface area contributed by atoms with Crippen LogP contribution in [0.1, 0.15) is 48.9 Å². The van der Waals surface area contributed by atoms with E-state index < -0.39 is 26.5 Å². The molecular formula is C20H25FN2O4S. The monoisotopic (exact) mass is 408 g/mol. The van der Waals surface area contributed by atoms with Crippen molar-refractivity contribution in [2.24, 2.45) is 17.8 Å². The van der Waals surface area contributed by atoms with Crippen LogP contribution in [-0.4, -0.2) is 47.4 Å². The Morgan fingerprint density at radius 1 is 1.14 bits per heavy atom. The molecule has 5 rings (SSSR count). The largest absolute Gasteiger partial charge is 0.507 e. The van der Waals surface area contributed by atoms with E-state index in [1.807, 2.05) is 0 Å². The van der Waals surface area contributed by atoms with E-state index in [-0.39, 0.29) is 42.4 Å². The van der Waals surface area contributed by atoms with E-state index in [9.17, 15) is 18.3 Å². The maximum atomic E-state index is 16.4. The third-order valence-electron chi connectivity index (χ3n) is 7.37. The number of nitrogens with zero attached hydrogens (tertiary/aromatic N) is 1. The van der Waals surface area contributed by atoms with Crippen molar-refractivity contribution in [1.82, 2.24) is 9.62 Å². The number of sulfonamides is 1. The van der Waals surface area contributed by atoms with E-state index in [4.69, 9.17) is 0 Å². The van der Waals surface area contributed by atoms with Gasteiger partial charge in [-0.2, -0.15) is 0 Å². The Morgan fingerprint density at radius 3 is 2.46 bits per heavy atom. The number of carbonyl (C=O) groups excluding carboxylic acids is 1. The number of benzene rings is 1. The molecule has 1 heterocycles. The zero-order chi connectivity index (χ0) is 19.7. The van der Waals surface area contributed by atoms with Crippen LogP contribution in [0.3, 0.4) is 0 Å². The van der Waals surface area contributed by atoms with Gasteiger partial charge in [0.1, 0.15) is 10.5 Å². The number of aromatic hydroxyl groups is 1. The first-order valence-corrected chi connectivity index (χ1v) is 11.5. The summed E-state index contributed by atoms with van der Waals surface area (Å²) in [7, 11) is -3.88. The van der Waals surface area contributed by atoms with Gasteiger partial charge in [0.15, 0.2) is 0 Å². The van der Waals surface area contributed by atoms with E-state index in [1.54, 1.807) is 12.1 Å². The Morgan fingerprint density at radius 2 is 1.86 bits per heavy atom. The van der Waals surface area contributed by atoms with Gasteiger partial charge in [-0.1, -0.05) is 12.1 Å². The number of carbonyl (C=O) groups is 1. The molecule has 1 aromatic rings. The summed E-state index contributed by atoms with van der Waals surface area (Å²) in [5.41, 5.74) is -0.0439. The van der Waals surface area contributed by atoms with Gasteiger partial charge in [0.2, 0.25) is 15.8 Å². The Balaban J connectivity index is 1.51. The molecule has 28 heavy (non-hydrogen) atoms. The minimum absolute atomic E-state index is 0.0283. The maximum Gasteiger partial charge on any atom is 0.257 e. The molecule has 0 radical (unpaired) electrons. The van der Waals surface area contributed by atoms with Crippen LogP contribution in [0.4, 0.5) is 4.39 Å². The van der Waals surface area contributed by atoms with Crippen LogP contribution in [0.5, 0.6) is 5.75 Å². The summed E-state index contributed by atoms with van der Waals surface area (Å²) in [6.45, 7) is 0.846. The lowest BCUT2D eigenvalue weighted by atomic mass is 9.81. The highest BCUT2D eigenvalue weighted by Crippen LogP contribution is 2.65. The molecule has 8 heteroatoms. The van der Waals surface area contributed by atoms with Gasteiger partial charge in [-0.15, -0.1) is 0 Å². The van der Waals surface area contributed by atoms with E-state index in [0.29, 0.717) is 19.0 Å². The quantitative estimate of drug-likeness (QED) is 0.733. The van der Waals surface area contributed by atoms with Gasteiger partial charge >= 0.3 is 0 Å². The number of para-hydroxylation sites is 1. The Hall–Kier alpha value is -1.67. The molecule has 3 saturated carbocycles. The normalized spacial score (nSPS) is 37.6. The summed E-state index contributed by atoms with van der Waals surface area (Å²) in [6.07, 6.45) is 3.53. The summed E-state index contributed by atoms with van der Waals surface area (Å²) < 4.78 is 43.1. The van der Waals surface area contributed by atoms with E-state index in [0.717, 1.165) is 19.3 Å². The molecule has 4 aliphatic rings. The molecule has 0 spiro atoms. The topological polar surface area (TPSA) is 86.7 Å². The molecule has 1 unspecified atom stereocenters. The third-order valence-corrected chi connectivity index (χ3v) is 10.1. The summed E-state index contributed by atoms with van der Waals surface area (Å²) >= 11 is 0. The predicted molar refractivity (Wildman–Crippen MR) is 101 cm³/mol. The number of amides is 1. The minimum Gasteiger partial charge on any atom is -0.507 e. The highest BCUT2D eigenvalue weighted by molar-refractivity contribution is 7.90. The van der Waals surface area contributed by atoms with Crippen molar-refractivity contribution in [3.63, 3.8) is 0 Å². The molecule has 1 amide bonds. The minimum atomic E-state index is -3.88. The number of rotatable bonds is 5. The molecule has 2 bridgehead atoms. The number of fused-ring (bicyclic) bond motifs is 2. The van der Waals surface area contributed by atoms with E-state index in [2.05, 4.69) is 5.32 Å². The lowest BCUT2D eigenvalue weighted by Gasteiger charge is -2.46. The second kappa shape index (κ2) is 5.92. The Labute approximate surface area is 164 Å². The van der Waals surface area contributed by atoms with Crippen molar-refractivity contribution in [3.05, 3.63) is 29.8 Å². The molecule has 6 nitrogen and oxygen atoms in total. The van der Waals surface area contributed by atoms with E-state index >= 15 is 4.39 Å². The molecule has 1 aromatic carbocycles. The molecule has 3 aliphatic carbocycles. The molecule has 1 saturated heterocycles. The number of phenols is 1. The van der Waals surface area contributed by atoms with Crippen LogP contribution >= 0.6 is 0 Å². The van der Waals surface area contributed by atoms with Crippen molar-refractivity contribution in [1.29, 1.82) is 0 Å². The van der Waals surface area contributed by atoms with Crippen LogP contribution in [0.15, 0.2) is 24.3 Å². The van der Waals surface area contributed by atoms with Crippen molar-refractivity contribution in [3.8, 4) is 5.75 Å². The van der Waals surface area contributed by atoms with Crippen molar-refractivity contribution < 1.29 is 22.7 Å². The summed E-state index contributed by atoms with van der Waals surface area (Å²) in [4.78, 5) is 12.7. The highest BCUT2D eigenvalue weighted by atomic mass is 32.2. The highest BCUT2D eigenvalue weighted by Gasteiger charge is 2.74. The fraction of sp³-hybridized carbons (Fsp3) is 0.650. The molecule has 1 aliphatic heterocycles. The first-order valence-electron chi connectivity index (χ1n) is 10.1. The lowest BCUT2D eigenvalue weighted by molar-refractivity contribution is 0.0333. The number of hydrogen-bond donors (Lipinski definition) is 2. The van der Waals surface area contributed by atoms with Crippen LogP contribution in [0.25, 0.3) is 0 Å². The summed E-state index contributed by atoms with van der Waals surface area (Å²) in [6, 6.07) is 5.92. The summed E-state index contributed by atoms with van der Waals surface area (Å²) in [5.74, 6) is -2.65. The standard InChI is InChI=1S/C20H25FN2O4S/c21-20(22-18(25)15-4-1-2-5-17(15)24)11-14-10-19(20,12-16(14)13-6-7-13)28(26,27)23-8-3-9-23/h1-2,4-5,13-14,16,24H,3,6-12H2,(H,22,25)/t14-,16?,19-,20+/m0/s1. The maximum absolute atomic E-state index is 16.4. The summed E-state index contributed by atoms with van der Waals surface area (Å²) in [5, 5.41) is 12.3. The fourth-order valence-electron chi connectivity index (χ4n) is 5.64. The zero-order valence-electron chi connectivity index (χ0n) is 15.6. The van der Waals surface area contributed by atoms with Gasteiger partial charge in [0, 0.05) is 19.5 Å². The molecule has 4 fully saturated rings. The Bertz CT molecular complexity index is 930. The number of halogens is 1. The first-order chi connectivity index (χ1) is 13.3. The number of nitrogens with one attached hydrogen (secondary N) is 1. The predicted octanol–water partition coefficient (Wildman–Crippen LogP) is 2.40. The van der Waals surface area contributed by atoms with Crippen molar-refractivity contribution in [2.75, 3.05) is 13.1 Å². The third kappa shape index (κ3) is 2.40. The van der Waals surface area contributed by atoms with Gasteiger partial charge in [0.25, 0.3) is 5.91 Å². The first kappa shape index (κ1) is 18.4. The number of alkyl halides is 1. The lowest BCUT2D eigenvalue weighted by Crippen LogP contribution is -2.66.